The standard InChI is InChI=1S/C11H22N2O4S/c1-10(2,18(4,16)17)9(14)13(3)8-11(15)5-6-12-7-11/h12,15H,5-8H2,1-4H3. The third kappa shape index (κ3) is 3.02. The maximum Gasteiger partial charge on any atom is 0.243 e. The topological polar surface area (TPSA) is 86.7 Å². The molecule has 1 aliphatic heterocycles. The highest BCUT2D eigenvalue weighted by Gasteiger charge is 2.42. The zero-order chi connectivity index (χ0) is 14.2. The van der Waals surface area contributed by atoms with Crippen molar-refractivity contribution in [3.63, 3.8) is 0 Å². The van der Waals surface area contributed by atoms with Gasteiger partial charge >= 0.3 is 0 Å². The van der Waals surface area contributed by atoms with E-state index < -0.39 is 26.1 Å². The minimum Gasteiger partial charge on any atom is -0.387 e. The molecule has 1 amide bonds. The lowest BCUT2D eigenvalue weighted by molar-refractivity contribution is -0.134. The zero-order valence-electron chi connectivity index (χ0n) is 11.4. The fourth-order valence-corrected chi connectivity index (χ4v) is 2.47. The van der Waals surface area contributed by atoms with Crippen molar-refractivity contribution in [3.05, 3.63) is 0 Å². The maximum atomic E-state index is 12.2. The molecule has 0 aliphatic carbocycles. The first kappa shape index (κ1) is 15.4. The summed E-state index contributed by atoms with van der Waals surface area (Å²) in [5, 5.41) is 13.2. The average molecular weight is 278 g/mol. The van der Waals surface area contributed by atoms with Crippen LogP contribution in [0.15, 0.2) is 0 Å². The summed E-state index contributed by atoms with van der Waals surface area (Å²) in [6, 6.07) is 0. The molecule has 0 radical (unpaired) electrons. The normalized spacial score (nSPS) is 25.2. The highest BCUT2D eigenvalue weighted by Crippen LogP contribution is 2.21. The van der Waals surface area contributed by atoms with E-state index in [9.17, 15) is 18.3 Å². The van der Waals surface area contributed by atoms with Crippen molar-refractivity contribution in [3.8, 4) is 0 Å². The van der Waals surface area contributed by atoms with Crippen LogP contribution in [0.25, 0.3) is 0 Å². The number of rotatable bonds is 4. The second-order valence-corrected chi connectivity index (χ2v) is 8.16. The molecule has 0 aromatic carbocycles. The van der Waals surface area contributed by atoms with E-state index in [1.54, 1.807) is 0 Å². The highest BCUT2D eigenvalue weighted by molar-refractivity contribution is 7.92. The lowest BCUT2D eigenvalue weighted by atomic mass is 10.0. The second kappa shape index (κ2) is 4.79. The molecule has 1 saturated heterocycles. The van der Waals surface area contributed by atoms with Crippen molar-refractivity contribution >= 4 is 15.7 Å². The summed E-state index contributed by atoms with van der Waals surface area (Å²) in [5.41, 5.74) is -0.960. The molecule has 1 unspecified atom stereocenters. The van der Waals surface area contributed by atoms with E-state index in [-0.39, 0.29) is 6.54 Å². The number of nitrogens with one attached hydrogen (secondary N) is 1. The first-order valence-corrected chi connectivity index (χ1v) is 7.77. The molecule has 0 aromatic rings. The fraction of sp³-hybridized carbons (Fsp3) is 0.909. The monoisotopic (exact) mass is 278 g/mol. The summed E-state index contributed by atoms with van der Waals surface area (Å²) in [7, 11) is -1.97. The largest absolute Gasteiger partial charge is 0.387 e. The number of aliphatic hydroxyl groups is 1. The van der Waals surface area contributed by atoms with E-state index in [2.05, 4.69) is 5.32 Å². The van der Waals surface area contributed by atoms with Crippen LogP contribution in [0.1, 0.15) is 20.3 Å². The van der Waals surface area contributed by atoms with E-state index in [4.69, 9.17) is 0 Å². The molecule has 7 heteroatoms. The van der Waals surface area contributed by atoms with Crippen LogP contribution >= 0.6 is 0 Å². The predicted octanol–water partition coefficient (Wildman–Crippen LogP) is -1.01. The Kier molecular flexibility index (Phi) is 4.10. The van der Waals surface area contributed by atoms with Gasteiger partial charge in [-0.1, -0.05) is 0 Å². The number of hydrogen-bond donors (Lipinski definition) is 2. The van der Waals surface area contributed by atoms with Crippen LogP contribution in [-0.2, 0) is 14.6 Å². The van der Waals surface area contributed by atoms with E-state index >= 15 is 0 Å². The molecule has 1 atom stereocenters. The van der Waals surface area contributed by atoms with Gasteiger partial charge in [-0.3, -0.25) is 4.79 Å². The van der Waals surface area contributed by atoms with E-state index in [0.717, 1.165) is 6.26 Å². The molecule has 0 saturated carbocycles. The van der Waals surface area contributed by atoms with Crippen molar-refractivity contribution < 1.29 is 18.3 Å². The van der Waals surface area contributed by atoms with Crippen LogP contribution in [0.5, 0.6) is 0 Å². The summed E-state index contributed by atoms with van der Waals surface area (Å²) in [4.78, 5) is 13.5. The first-order valence-electron chi connectivity index (χ1n) is 5.88. The summed E-state index contributed by atoms with van der Waals surface area (Å²) in [6.45, 7) is 4.03. The molecule has 18 heavy (non-hydrogen) atoms. The Balaban J connectivity index is 2.79. The zero-order valence-corrected chi connectivity index (χ0v) is 12.2. The summed E-state index contributed by atoms with van der Waals surface area (Å²) < 4.78 is 21.7. The van der Waals surface area contributed by atoms with Gasteiger partial charge in [0.15, 0.2) is 9.84 Å². The Bertz CT molecular complexity index is 424. The SMILES string of the molecule is CN(CC1(O)CCNC1)C(=O)C(C)(C)S(C)(=O)=O. The van der Waals surface area contributed by atoms with Crippen LogP contribution < -0.4 is 5.32 Å². The Morgan fingerprint density at radius 2 is 2.06 bits per heavy atom. The Morgan fingerprint density at radius 3 is 2.44 bits per heavy atom. The Labute approximate surface area is 108 Å². The predicted molar refractivity (Wildman–Crippen MR) is 69.0 cm³/mol. The summed E-state index contributed by atoms with van der Waals surface area (Å²) in [5.74, 6) is -0.495. The molecule has 1 rings (SSSR count). The molecule has 1 heterocycles. The van der Waals surface area contributed by atoms with Crippen LogP contribution in [-0.4, -0.2) is 67.6 Å². The van der Waals surface area contributed by atoms with Crippen molar-refractivity contribution in [1.82, 2.24) is 10.2 Å². The summed E-state index contributed by atoms with van der Waals surface area (Å²) in [6.07, 6.45) is 1.61. The first-order chi connectivity index (χ1) is 8.00. The van der Waals surface area contributed by atoms with Gasteiger partial charge in [-0.15, -0.1) is 0 Å². The average Bonchev–Trinajstić information content (AvgIpc) is 2.61. The van der Waals surface area contributed by atoms with Crippen molar-refractivity contribution in [2.45, 2.75) is 30.6 Å². The van der Waals surface area contributed by atoms with Gasteiger partial charge < -0.3 is 15.3 Å². The van der Waals surface area contributed by atoms with Gasteiger partial charge in [0.2, 0.25) is 5.91 Å². The van der Waals surface area contributed by atoms with Gasteiger partial charge in [0.1, 0.15) is 4.75 Å². The molecular formula is C11H22N2O4S. The number of amides is 1. The lowest BCUT2D eigenvalue weighted by Gasteiger charge is -2.32. The summed E-state index contributed by atoms with van der Waals surface area (Å²) >= 11 is 0. The van der Waals surface area contributed by atoms with E-state index in [0.29, 0.717) is 19.5 Å². The number of carbonyl (C=O) groups excluding carboxylic acids is 1. The van der Waals surface area contributed by atoms with Gasteiger partial charge in [0, 0.05) is 19.8 Å². The van der Waals surface area contributed by atoms with Gasteiger partial charge in [0.25, 0.3) is 0 Å². The molecule has 1 aliphatic rings. The van der Waals surface area contributed by atoms with Crippen LogP contribution in [0.4, 0.5) is 0 Å². The molecular weight excluding hydrogens is 256 g/mol. The number of hydrogen-bond acceptors (Lipinski definition) is 5. The number of likely N-dealkylation sites (N-methyl/N-ethyl adjacent to an activating group) is 1. The number of nitrogens with zero attached hydrogens (tertiary/aromatic N) is 1. The van der Waals surface area contributed by atoms with E-state index in [1.165, 1.54) is 25.8 Å². The van der Waals surface area contributed by atoms with E-state index in [1.807, 2.05) is 0 Å². The third-order valence-corrected chi connectivity index (χ3v) is 5.57. The van der Waals surface area contributed by atoms with Gasteiger partial charge in [-0.05, 0) is 26.8 Å². The lowest BCUT2D eigenvalue weighted by Crippen LogP contribution is -2.53. The molecule has 6 nitrogen and oxygen atoms in total. The van der Waals surface area contributed by atoms with Crippen molar-refractivity contribution in [2.75, 3.05) is 32.9 Å². The number of carbonyl (C=O) groups is 1. The van der Waals surface area contributed by atoms with Crippen molar-refractivity contribution in [2.24, 2.45) is 0 Å². The van der Waals surface area contributed by atoms with Gasteiger partial charge in [-0.25, -0.2) is 8.42 Å². The smallest absolute Gasteiger partial charge is 0.243 e. The quantitative estimate of drug-likeness (QED) is 0.688. The minimum absolute atomic E-state index is 0.137. The molecule has 0 aromatic heterocycles. The fourth-order valence-electron chi connectivity index (χ4n) is 2.00. The van der Waals surface area contributed by atoms with Gasteiger partial charge in [-0.2, -0.15) is 0 Å². The second-order valence-electron chi connectivity index (χ2n) is 5.59. The Hall–Kier alpha value is -0.660. The van der Waals surface area contributed by atoms with Crippen LogP contribution in [0.3, 0.4) is 0 Å². The number of sulfone groups is 1. The van der Waals surface area contributed by atoms with Gasteiger partial charge in [0.05, 0.1) is 12.1 Å². The number of β-amino-alcohol motifs (C(OH)–C–C–N with tert-alkyl or cyclic N) is 1. The molecule has 2 N–H and O–H groups in total. The van der Waals surface area contributed by atoms with Crippen LogP contribution in [0.2, 0.25) is 0 Å². The minimum atomic E-state index is -3.49. The highest BCUT2D eigenvalue weighted by atomic mass is 32.2. The molecule has 106 valence electrons. The maximum absolute atomic E-state index is 12.2. The Morgan fingerprint density at radius 1 is 1.50 bits per heavy atom. The molecule has 1 fully saturated rings. The molecule has 0 spiro atoms. The third-order valence-electron chi connectivity index (χ3n) is 3.54. The van der Waals surface area contributed by atoms with Crippen molar-refractivity contribution in [1.29, 1.82) is 0 Å². The van der Waals surface area contributed by atoms with Crippen LogP contribution in [0, 0.1) is 0 Å². The molecule has 0 bridgehead atoms.